The number of benzene rings is 1. The molecule has 1 fully saturated rings. The summed E-state index contributed by atoms with van der Waals surface area (Å²) in [6.07, 6.45) is 0. The Balaban J connectivity index is 1.84. The molecule has 0 amide bonds. The first-order valence-electron chi connectivity index (χ1n) is 6.84. The van der Waals surface area contributed by atoms with Crippen molar-refractivity contribution in [1.82, 2.24) is 10.2 Å². The quantitative estimate of drug-likeness (QED) is 0.920. The lowest BCUT2D eigenvalue weighted by molar-refractivity contribution is 0.0565. The minimum absolute atomic E-state index is 0.202. The highest BCUT2D eigenvalue weighted by Crippen LogP contribution is 2.20. The number of rotatable bonds is 4. The summed E-state index contributed by atoms with van der Waals surface area (Å²) < 4.78 is 6.88. The molecule has 1 aromatic rings. The van der Waals surface area contributed by atoms with Gasteiger partial charge in [-0.15, -0.1) is 0 Å². The summed E-state index contributed by atoms with van der Waals surface area (Å²) >= 11 is 3.46. The first-order valence-corrected chi connectivity index (χ1v) is 7.63. The molecule has 1 heterocycles. The van der Waals surface area contributed by atoms with Crippen molar-refractivity contribution in [3.63, 3.8) is 0 Å². The van der Waals surface area contributed by atoms with Crippen LogP contribution in [0.25, 0.3) is 0 Å². The van der Waals surface area contributed by atoms with Gasteiger partial charge in [-0.05, 0) is 39.0 Å². The van der Waals surface area contributed by atoms with Gasteiger partial charge in [0.1, 0.15) is 12.4 Å². The average Bonchev–Trinajstić information content (AvgIpc) is 2.34. The molecule has 0 spiro atoms. The Labute approximate surface area is 124 Å². The van der Waals surface area contributed by atoms with E-state index in [9.17, 15) is 0 Å². The molecule has 1 saturated heterocycles. The van der Waals surface area contributed by atoms with Gasteiger partial charge in [0.2, 0.25) is 0 Å². The first-order chi connectivity index (χ1) is 8.97. The van der Waals surface area contributed by atoms with Crippen molar-refractivity contribution in [3.05, 3.63) is 28.7 Å². The fourth-order valence-electron chi connectivity index (χ4n) is 2.40. The minimum Gasteiger partial charge on any atom is -0.492 e. The van der Waals surface area contributed by atoms with Crippen LogP contribution in [0.2, 0.25) is 0 Å². The molecule has 0 saturated carbocycles. The zero-order valence-electron chi connectivity index (χ0n) is 11.9. The lowest BCUT2D eigenvalue weighted by Gasteiger charge is -2.45. The van der Waals surface area contributed by atoms with Crippen molar-refractivity contribution >= 4 is 15.9 Å². The van der Waals surface area contributed by atoms with E-state index in [1.165, 1.54) is 0 Å². The van der Waals surface area contributed by atoms with Crippen LogP contribution in [0, 0.1) is 0 Å². The van der Waals surface area contributed by atoms with Crippen LogP contribution in [0.15, 0.2) is 28.7 Å². The molecule has 1 atom stereocenters. The van der Waals surface area contributed by atoms with Crippen molar-refractivity contribution < 1.29 is 4.74 Å². The third kappa shape index (κ3) is 4.20. The van der Waals surface area contributed by atoms with Gasteiger partial charge in [-0.3, -0.25) is 4.90 Å². The topological polar surface area (TPSA) is 24.5 Å². The van der Waals surface area contributed by atoms with Crippen LogP contribution in [0.3, 0.4) is 0 Å². The van der Waals surface area contributed by atoms with E-state index in [4.69, 9.17) is 4.74 Å². The third-order valence-corrected chi connectivity index (χ3v) is 4.15. The van der Waals surface area contributed by atoms with Crippen molar-refractivity contribution in [2.24, 2.45) is 0 Å². The summed E-state index contributed by atoms with van der Waals surface area (Å²) in [5.41, 5.74) is 0.202. The maximum Gasteiger partial charge on any atom is 0.120 e. The normalized spacial score (nSPS) is 23.3. The van der Waals surface area contributed by atoms with Crippen molar-refractivity contribution in [2.45, 2.75) is 32.4 Å². The van der Waals surface area contributed by atoms with Crippen LogP contribution >= 0.6 is 15.9 Å². The lowest BCUT2D eigenvalue weighted by atomic mass is 9.98. The highest BCUT2D eigenvalue weighted by molar-refractivity contribution is 9.10. The van der Waals surface area contributed by atoms with Crippen LogP contribution in [0.1, 0.15) is 20.8 Å². The van der Waals surface area contributed by atoms with E-state index < -0.39 is 0 Å². The van der Waals surface area contributed by atoms with E-state index in [2.05, 4.69) is 46.9 Å². The van der Waals surface area contributed by atoms with E-state index in [1.807, 2.05) is 24.3 Å². The molecule has 0 aromatic heterocycles. The molecule has 4 heteroatoms. The third-order valence-electron chi connectivity index (χ3n) is 3.66. The molecule has 0 bridgehead atoms. The van der Waals surface area contributed by atoms with Gasteiger partial charge in [-0.1, -0.05) is 22.0 Å². The highest BCUT2D eigenvalue weighted by Gasteiger charge is 2.31. The van der Waals surface area contributed by atoms with Gasteiger partial charge in [-0.25, -0.2) is 0 Å². The van der Waals surface area contributed by atoms with Crippen LogP contribution < -0.4 is 10.1 Å². The van der Waals surface area contributed by atoms with Crippen molar-refractivity contribution in [2.75, 3.05) is 26.2 Å². The maximum atomic E-state index is 5.83. The van der Waals surface area contributed by atoms with Crippen LogP contribution in [-0.2, 0) is 0 Å². The van der Waals surface area contributed by atoms with E-state index in [-0.39, 0.29) is 5.54 Å². The van der Waals surface area contributed by atoms with Gasteiger partial charge in [0.15, 0.2) is 0 Å². The predicted molar refractivity (Wildman–Crippen MR) is 82.8 cm³/mol. The summed E-state index contributed by atoms with van der Waals surface area (Å²) in [7, 11) is 0. The Hall–Kier alpha value is -0.580. The summed E-state index contributed by atoms with van der Waals surface area (Å²) in [6.45, 7) is 10.6. The van der Waals surface area contributed by atoms with Gasteiger partial charge in [-0.2, -0.15) is 0 Å². The Kier molecular flexibility index (Phi) is 4.87. The fourth-order valence-corrected chi connectivity index (χ4v) is 2.78. The Bertz CT molecular complexity index is 422. The number of piperazine rings is 1. The summed E-state index contributed by atoms with van der Waals surface area (Å²) in [5.74, 6) is 0.926. The van der Waals surface area contributed by atoms with E-state index in [0.29, 0.717) is 6.04 Å². The molecule has 1 aliphatic heterocycles. The standard InChI is InChI=1S/C15H23BrN2O/c1-12-10-18(15(2,3)11-17-12)7-8-19-14-6-4-5-13(16)9-14/h4-6,9,12,17H,7-8,10-11H2,1-3H3. The molecule has 19 heavy (non-hydrogen) atoms. The Morgan fingerprint density at radius 1 is 1.47 bits per heavy atom. The average molecular weight is 327 g/mol. The van der Waals surface area contributed by atoms with Crippen LogP contribution in [0.4, 0.5) is 0 Å². The largest absolute Gasteiger partial charge is 0.492 e. The lowest BCUT2D eigenvalue weighted by Crippen LogP contribution is -2.61. The van der Waals surface area contributed by atoms with Crippen LogP contribution in [-0.4, -0.2) is 42.7 Å². The molecule has 2 rings (SSSR count). The summed E-state index contributed by atoms with van der Waals surface area (Å²) in [5, 5.41) is 3.53. The molecule has 1 unspecified atom stereocenters. The minimum atomic E-state index is 0.202. The fraction of sp³-hybridized carbons (Fsp3) is 0.600. The van der Waals surface area contributed by atoms with E-state index in [0.717, 1.165) is 36.5 Å². The zero-order valence-corrected chi connectivity index (χ0v) is 13.5. The maximum absolute atomic E-state index is 5.83. The smallest absolute Gasteiger partial charge is 0.120 e. The van der Waals surface area contributed by atoms with E-state index in [1.54, 1.807) is 0 Å². The SMILES string of the molecule is CC1CN(CCOc2cccc(Br)c2)C(C)(C)CN1. The molecule has 1 aromatic carbocycles. The summed E-state index contributed by atoms with van der Waals surface area (Å²) in [4.78, 5) is 2.51. The van der Waals surface area contributed by atoms with Gasteiger partial charge in [0.25, 0.3) is 0 Å². The van der Waals surface area contributed by atoms with Gasteiger partial charge < -0.3 is 10.1 Å². The molecule has 0 radical (unpaired) electrons. The molecule has 3 nitrogen and oxygen atoms in total. The zero-order chi connectivity index (χ0) is 13.9. The molecule has 1 N–H and O–H groups in total. The summed E-state index contributed by atoms with van der Waals surface area (Å²) in [6, 6.07) is 8.56. The first kappa shape index (κ1) is 14.8. The highest BCUT2D eigenvalue weighted by atomic mass is 79.9. The molecular formula is C15H23BrN2O. The number of ether oxygens (including phenoxy) is 1. The number of nitrogens with one attached hydrogen (secondary N) is 1. The Morgan fingerprint density at radius 3 is 3.00 bits per heavy atom. The van der Waals surface area contributed by atoms with Gasteiger partial charge in [0, 0.05) is 35.7 Å². The second-order valence-electron chi connectivity index (χ2n) is 5.85. The molecule has 106 valence electrons. The second kappa shape index (κ2) is 6.25. The van der Waals surface area contributed by atoms with Gasteiger partial charge >= 0.3 is 0 Å². The predicted octanol–water partition coefficient (Wildman–Crippen LogP) is 2.90. The molecule has 1 aliphatic rings. The molecule has 0 aliphatic carbocycles. The Morgan fingerprint density at radius 2 is 2.26 bits per heavy atom. The van der Waals surface area contributed by atoms with Gasteiger partial charge in [0.05, 0.1) is 0 Å². The number of halogens is 1. The van der Waals surface area contributed by atoms with Crippen LogP contribution in [0.5, 0.6) is 5.75 Å². The number of hydrogen-bond acceptors (Lipinski definition) is 3. The molecular weight excluding hydrogens is 304 g/mol. The number of hydrogen-bond donors (Lipinski definition) is 1. The van der Waals surface area contributed by atoms with E-state index >= 15 is 0 Å². The second-order valence-corrected chi connectivity index (χ2v) is 6.76. The number of nitrogens with zero attached hydrogens (tertiary/aromatic N) is 1. The monoisotopic (exact) mass is 326 g/mol. The van der Waals surface area contributed by atoms with Crippen molar-refractivity contribution in [1.29, 1.82) is 0 Å². The van der Waals surface area contributed by atoms with Crippen molar-refractivity contribution in [3.8, 4) is 5.75 Å².